The van der Waals surface area contributed by atoms with Gasteiger partial charge in [-0.2, -0.15) is 8.88 Å². The predicted molar refractivity (Wildman–Crippen MR) is 102 cm³/mol. The highest BCUT2D eigenvalue weighted by Crippen LogP contribution is 2.61. The molecule has 0 aliphatic rings. The van der Waals surface area contributed by atoms with Crippen molar-refractivity contribution in [3.63, 3.8) is 0 Å². The molecule has 29 heavy (non-hydrogen) atoms. The van der Waals surface area contributed by atoms with Crippen molar-refractivity contribution in [2.24, 2.45) is 0 Å². The molecule has 0 aliphatic carbocycles. The molecule has 15 heteroatoms. The van der Waals surface area contributed by atoms with Crippen LogP contribution in [0.15, 0.2) is 11.7 Å². The number of phosphoric ester groups is 1. The van der Waals surface area contributed by atoms with E-state index in [0.29, 0.717) is 18.2 Å². The molecule has 0 radical (unpaired) electrons. The van der Waals surface area contributed by atoms with E-state index >= 15 is 0 Å². The molecule has 2 aromatic heterocycles. The van der Waals surface area contributed by atoms with Gasteiger partial charge in [0, 0.05) is 26.5 Å². The van der Waals surface area contributed by atoms with Gasteiger partial charge in [-0.1, -0.05) is 11.3 Å². The molecule has 2 rings (SSSR count). The predicted octanol–water partition coefficient (Wildman–Crippen LogP) is 1.41. The Labute approximate surface area is 170 Å². The van der Waals surface area contributed by atoms with Gasteiger partial charge in [-0.25, -0.2) is 19.1 Å². The fourth-order valence-corrected chi connectivity index (χ4v) is 5.29. The first-order chi connectivity index (χ1) is 13.4. The van der Waals surface area contributed by atoms with Gasteiger partial charge in [-0.15, -0.1) is 0 Å². The maximum atomic E-state index is 12.2. The van der Waals surface area contributed by atoms with Crippen molar-refractivity contribution >= 4 is 38.8 Å². The number of nitrogen functional groups attached to an aromatic ring is 1. The van der Waals surface area contributed by atoms with Gasteiger partial charge in [0.1, 0.15) is 11.6 Å². The molecule has 0 spiro atoms. The van der Waals surface area contributed by atoms with Crippen LogP contribution in [0.25, 0.3) is 0 Å². The number of thiazole rings is 1. The second-order valence-electron chi connectivity index (χ2n) is 5.87. The average molecular weight is 467 g/mol. The van der Waals surface area contributed by atoms with E-state index in [1.54, 1.807) is 13.1 Å². The third kappa shape index (κ3) is 7.23. The Morgan fingerprint density at radius 3 is 2.62 bits per heavy atom. The number of carbonyl (C=O) groups excluding carboxylic acids is 1. The van der Waals surface area contributed by atoms with Crippen LogP contribution in [-0.2, 0) is 40.2 Å². The summed E-state index contributed by atoms with van der Waals surface area (Å²) in [6.45, 7) is 4.69. The molecule has 160 valence electrons. The molecule has 0 amide bonds. The van der Waals surface area contributed by atoms with Crippen molar-refractivity contribution in [1.29, 1.82) is 0 Å². The lowest BCUT2D eigenvalue weighted by molar-refractivity contribution is -0.689. The van der Waals surface area contributed by atoms with Gasteiger partial charge in [0.25, 0.3) is 0 Å². The number of hydrogen-bond acceptors (Lipinski definition) is 10. The van der Waals surface area contributed by atoms with Crippen molar-refractivity contribution in [3.8, 4) is 0 Å². The van der Waals surface area contributed by atoms with Gasteiger partial charge in [0.15, 0.2) is 12.2 Å². The molecule has 2 aromatic rings. The number of phosphoric acid groups is 2. The Balaban J connectivity index is 2.04. The van der Waals surface area contributed by atoms with E-state index in [4.69, 9.17) is 20.0 Å². The summed E-state index contributed by atoms with van der Waals surface area (Å²) >= 11 is 1.39. The summed E-state index contributed by atoms with van der Waals surface area (Å²) in [5, 5.41) is 0. The number of nitrogens with zero attached hydrogens (tertiary/aromatic N) is 3. The van der Waals surface area contributed by atoms with Crippen LogP contribution in [0, 0.1) is 13.8 Å². The van der Waals surface area contributed by atoms with Crippen molar-refractivity contribution in [2.45, 2.75) is 33.7 Å². The molecule has 0 aliphatic heterocycles. The molecule has 1 unspecified atom stereocenters. The van der Waals surface area contributed by atoms with Crippen molar-refractivity contribution in [3.05, 3.63) is 33.7 Å². The number of anilines is 1. The normalized spacial score (nSPS) is 13.8. The monoisotopic (exact) mass is 467 g/mol. The Kier molecular flexibility index (Phi) is 7.63. The largest absolute Gasteiger partial charge is 0.541 e. The molecule has 0 bridgehead atoms. The third-order valence-electron chi connectivity index (χ3n) is 3.54. The maximum absolute atomic E-state index is 12.2. The summed E-state index contributed by atoms with van der Waals surface area (Å²) in [6.07, 6.45) is 1.89. The van der Waals surface area contributed by atoms with Crippen LogP contribution in [0.5, 0.6) is 0 Å². The standard InChI is InChI=1S/C14H20N4O8P2S/c1-9-13(4-5-24-28(23,25-11(3)19)26-27(20,21)22)29-8-18(9)7-12-6-16-10(2)17-14(12)15/h6,8H,4-5,7H2,1-3H3,(H3-,15,16,17,20,21,22)/p+1. The summed E-state index contributed by atoms with van der Waals surface area (Å²) in [5.74, 6) is -0.104. The summed E-state index contributed by atoms with van der Waals surface area (Å²) in [6, 6.07) is 0. The number of hydrogen-bond donors (Lipinski definition) is 3. The van der Waals surface area contributed by atoms with Crippen LogP contribution in [0.3, 0.4) is 0 Å². The highest BCUT2D eigenvalue weighted by Gasteiger charge is 2.38. The fourth-order valence-electron chi connectivity index (χ4n) is 2.27. The van der Waals surface area contributed by atoms with Gasteiger partial charge in [-0.3, -0.25) is 9.32 Å². The summed E-state index contributed by atoms with van der Waals surface area (Å²) in [7, 11) is -9.96. The van der Waals surface area contributed by atoms with Crippen molar-refractivity contribution in [2.75, 3.05) is 12.3 Å². The maximum Gasteiger partial charge on any atom is 0.541 e. The minimum atomic E-state index is -5.20. The van der Waals surface area contributed by atoms with Crippen LogP contribution in [0.4, 0.5) is 5.82 Å². The lowest BCUT2D eigenvalue weighted by Gasteiger charge is -2.16. The Bertz CT molecular complexity index is 992. The van der Waals surface area contributed by atoms with Crippen LogP contribution in [0.1, 0.15) is 28.9 Å². The molecule has 0 saturated carbocycles. The third-order valence-corrected chi connectivity index (χ3v) is 7.32. The van der Waals surface area contributed by atoms with E-state index in [-0.39, 0.29) is 13.0 Å². The minimum absolute atomic E-state index is 0.235. The van der Waals surface area contributed by atoms with Crippen LogP contribution in [0.2, 0.25) is 0 Å². The van der Waals surface area contributed by atoms with E-state index in [1.165, 1.54) is 11.3 Å². The molecule has 2 heterocycles. The molecule has 4 N–H and O–H groups in total. The van der Waals surface area contributed by atoms with E-state index in [0.717, 1.165) is 23.1 Å². The van der Waals surface area contributed by atoms with Crippen molar-refractivity contribution < 1.29 is 41.6 Å². The first kappa shape index (κ1) is 23.6. The minimum Gasteiger partial charge on any atom is -0.383 e. The summed E-state index contributed by atoms with van der Waals surface area (Å²) in [5.41, 5.74) is 9.38. The first-order valence-corrected chi connectivity index (χ1v) is 12.0. The van der Waals surface area contributed by atoms with Gasteiger partial charge in [-0.05, 0) is 6.92 Å². The smallest absolute Gasteiger partial charge is 0.383 e. The highest BCUT2D eigenvalue weighted by molar-refractivity contribution is 7.61. The lowest BCUT2D eigenvalue weighted by Crippen LogP contribution is -2.35. The van der Waals surface area contributed by atoms with Gasteiger partial charge in [0.05, 0.1) is 17.0 Å². The van der Waals surface area contributed by atoms with Crippen molar-refractivity contribution in [1.82, 2.24) is 9.97 Å². The number of aryl methyl sites for hydroxylation is 1. The fraction of sp³-hybridized carbons (Fsp3) is 0.429. The average Bonchev–Trinajstić information content (AvgIpc) is 2.88. The molecule has 0 fully saturated rings. The zero-order chi connectivity index (χ0) is 21.8. The highest BCUT2D eigenvalue weighted by atomic mass is 32.1. The molecule has 1 atom stereocenters. The SMILES string of the molecule is CC(=O)OP(=O)(OCCc1sc[n+](Cc2cnc(C)nc2N)c1C)OP(=O)(O)O. The Morgan fingerprint density at radius 1 is 1.34 bits per heavy atom. The van der Waals surface area contributed by atoms with Gasteiger partial charge < -0.3 is 20.0 Å². The second-order valence-corrected chi connectivity index (χ2v) is 9.78. The molecule has 0 aromatic carbocycles. The summed E-state index contributed by atoms with van der Waals surface area (Å²) in [4.78, 5) is 37.8. The Hall–Kier alpha value is -1.72. The molecular weight excluding hydrogens is 446 g/mol. The van der Waals surface area contributed by atoms with Gasteiger partial charge >= 0.3 is 21.6 Å². The Morgan fingerprint density at radius 2 is 2.03 bits per heavy atom. The topological polar surface area (TPSA) is 175 Å². The number of carbonyl (C=O) groups is 1. The number of nitrogens with two attached hydrogens (primary N) is 1. The van der Waals surface area contributed by atoms with Crippen LogP contribution < -0.4 is 10.3 Å². The van der Waals surface area contributed by atoms with E-state index in [2.05, 4.69) is 18.8 Å². The molecule has 12 nitrogen and oxygen atoms in total. The number of aromatic nitrogens is 3. The molecular formula is C14H21N4O8P2S+. The van der Waals surface area contributed by atoms with Gasteiger partial charge in [0.2, 0.25) is 5.51 Å². The quantitative estimate of drug-likeness (QED) is 0.359. The lowest BCUT2D eigenvalue weighted by atomic mass is 10.2. The zero-order valence-corrected chi connectivity index (χ0v) is 18.4. The van der Waals surface area contributed by atoms with E-state index in [9.17, 15) is 13.9 Å². The molecule has 0 saturated heterocycles. The summed E-state index contributed by atoms with van der Waals surface area (Å²) < 4.78 is 38.4. The van der Waals surface area contributed by atoms with E-state index in [1.807, 2.05) is 17.0 Å². The van der Waals surface area contributed by atoms with Crippen LogP contribution >= 0.6 is 27.0 Å². The zero-order valence-electron chi connectivity index (χ0n) is 15.8. The second kappa shape index (κ2) is 9.40. The number of rotatable bonds is 9. The van der Waals surface area contributed by atoms with E-state index < -0.39 is 21.6 Å². The first-order valence-electron chi connectivity index (χ1n) is 8.14. The van der Waals surface area contributed by atoms with Crippen LogP contribution in [-0.4, -0.2) is 32.3 Å².